The molecule has 2 heterocycles. The van der Waals surface area contributed by atoms with E-state index >= 15 is 0 Å². The Morgan fingerprint density at radius 1 is 0.619 bits per heavy atom. The average molecular weight is 300 g/mol. The zero-order valence-electron chi connectivity index (χ0n) is 15.4. The van der Waals surface area contributed by atoms with E-state index in [4.69, 9.17) is 4.74 Å². The van der Waals surface area contributed by atoms with Gasteiger partial charge in [-0.15, -0.1) is 0 Å². The maximum absolute atomic E-state index is 5.25. The molecule has 21 heavy (non-hydrogen) atoms. The largest absolute Gasteiger partial charge is 0.379 e. The standard InChI is InChI=1S/C9H20N2.C8H17NO/c1-9(2,3)11-7-5-10(4)6-8-11;1-8(2,3)9-4-6-10-7-5-9/h5-8H2,1-4H3;4-7H2,1-3H3. The highest BCUT2D eigenvalue weighted by Crippen LogP contribution is 2.15. The van der Waals surface area contributed by atoms with Crippen LogP contribution in [0.3, 0.4) is 0 Å². The van der Waals surface area contributed by atoms with Crippen molar-refractivity contribution in [1.29, 1.82) is 0 Å². The number of nitrogens with zero attached hydrogens (tertiary/aromatic N) is 3. The fourth-order valence-electron chi connectivity index (χ4n) is 2.71. The van der Waals surface area contributed by atoms with Crippen molar-refractivity contribution < 1.29 is 4.74 Å². The number of piperazine rings is 1. The van der Waals surface area contributed by atoms with Crippen molar-refractivity contribution in [3.8, 4) is 0 Å². The van der Waals surface area contributed by atoms with Crippen LogP contribution in [0.4, 0.5) is 0 Å². The second-order valence-corrected chi connectivity index (χ2v) is 8.23. The molecule has 0 saturated carbocycles. The summed E-state index contributed by atoms with van der Waals surface area (Å²) in [5, 5.41) is 0. The quantitative estimate of drug-likeness (QED) is 0.682. The Bertz CT molecular complexity index is 279. The van der Waals surface area contributed by atoms with E-state index in [9.17, 15) is 0 Å². The summed E-state index contributed by atoms with van der Waals surface area (Å²) in [6.07, 6.45) is 0. The van der Waals surface area contributed by atoms with Crippen LogP contribution in [0.1, 0.15) is 41.5 Å². The topological polar surface area (TPSA) is 19.0 Å². The Kier molecular flexibility index (Phi) is 7.11. The summed E-state index contributed by atoms with van der Waals surface area (Å²) in [5.74, 6) is 0. The van der Waals surface area contributed by atoms with Crippen molar-refractivity contribution >= 4 is 0 Å². The van der Waals surface area contributed by atoms with Gasteiger partial charge >= 0.3 is 0 Å². The van der Waals surface area contributed by atoms with Gasteiger partial charge in [-0.3, -0.25) is 9.80 Å². The van der Waals surface area contributed by atoms with Gasteiger partial charge in [0, 0.05) is 50.3 Å². The fourth-order valence-corrected chi connectivity index (χ4v) is 2.71. The Hall–Kier alpha value is -0.160. The van der Waals surface area contributed by atoms with Crippen LogP contribution >= 0.6 is 0 Å². The van der Waals surface area contributed by atoms with Crippen molar-refractivity contribution in [2.45, 2.75) is 52.6 Å². The number of ether oxygens (including phenoxy) is 1. The van der Waals surface area contributed by atoms with Gasteiger partial charge in [-0.05, 0) is 48.6 Å². The minimum Gasteiger partial charge on any atom is -0.379 e. The van der Waals surface area contributed by atoms with E-state index in [2.05, 4.69) is 63.3 Å². The van der Waals surface area contributed by atoms with Crippen LogP contribution in [0.5, 0.6) is 0 Å². The maximum atomic E-state index is 5.25. The number of morpholine rings is 1. The van der Waals surface area contributed by atoms with Crippen LogP contribution in [0.2, 0.25) is 0 Å². The van der Waals surface area contributed by atoms with Gasteiger partial charge in [0.25, 0.3) is 0 Å². The van der Waals surface area contributed by atoms with Gasteiger partial charge in [0.1, 0.15) is 0 Å². The van der Waals surface area contributed by atoms with Crippen LogP contribution in [0.25, 0.3) is 0 Å². The van der Waals surface area contributed by atoms with Crippen LogP contribution < -0.4 is 0 Å². The first-order valence-electron chi connectivity index (χ1n) is 8.37. The SMILES string of the molecule is CC(C)(C)N1CCOCC1.CN1CCN(C(C)(C)C)CC1. The van der Waals surface area contributed by atoms with Gasteiger partial charge in [0.2, 0.25) is 0 Å². The molecular formula is C17H37N3O. The Labute approximate surface area is 132 Å². The molecule has 4 heteroatoms. The third kappa shape index (κ3) is 7.09. The molecule has 0 spiro atoms. The Morgan fingerprint density at radius 3 is 1.33 bits per heavy atom. The molecule has 0 atom stereocenters. The maximum Gasteiger partial charge on any atom is 0.0594 e. The second kappa shape index (κ2) is 7.91. The van der Waals surface area contributed by atoms with E-state index < -0.39 is 0 Å². The van der Waals surface area contributed by atoms with Crippen molar-refractivity contribution in [1.82, 2.24) is 14.7 Å². The molecule has 0 aromatic rings. The average Bonchev–Trinajstić information content (AvgIpc) is 2.39. The first-order valence-corrected chi connectivity index (χ1v) is 8.37. The van der Waals surface area contributed by atoms with Crippen LogP contribution in [-0.2, 0) is 4.74 Å². The summed E-state index contributed by atoms with van der Waals surface area (Å²) in [6.45, 7) is 22.5. The first kappa shape index (κ1) is 18.9. The van der Waals surface area contributed by atoms with E-state index in [1.807, 2.05) is 0 Å². The molecule has 2 fully saturated rings. The molecule has 2 aliphatic rings. The molecule has 0 radical (unpaired) electrons. The highest BCUT2D eigenvalue weighted by Gasteiger charge is 2.24. The molecule has 0 unspecified atom stereocenters. The molecule has 2 aliphatic heterocycles. The van der Waals surface area contributed by atoms with Crippen molar-refractivity contribution in [2.75, 3.05) is 59.5 Å². The zero-order valence-corrected chi connectivity index (χ0v) is 15.4. The van der Waals surface area contributed by atoms with Crippen LogP contribution in [-0.4, -0.2) is 85.3 Å². The summed E-state index contributed by atoms with van der Waals surface area (Å²) in [6, 6.07) is 0. The zero-order chi connectivity index (χ0) is 16.1. The van der Waals surface area contributed by atoms with Gasteiger partial charge in [0.05, 0.1) is 13.2 Å². The first-order chi connectivity index (χ1) is 9.60. The highest BCUT2D eigenvalue weighted by atomic mass is 16.5. The predicted molar refractivity (Wildman–Crippen MR) is 91.0 cm³/mol. The van der Waals surface area contributed by atoms with Crippen LogP contribution in [0, 0.1) is 0 Å². The molecule has 126 valence electrons. The molecule has 0 aromatic carbocycles. The van der Waals surface area contributed by atoms with E-state index in [-0.39, 0.29) is 0 Å². The van der Waals surface area contributed by atoms with Crippen molar-refractivity contribution in [3.05, 3.63) is 0 Å². The molecule has 0 aromatic heterocycles. The van der Waals surface area contributed by atoms with E-state index in [0.29, 0.717) is 11.1 Å². The molecule has 4 nitrogen and oxygen atoms in total. The number of rotatable bonds is 0. The lowest BCUT2D eigenvalue weighted by atomic mass is 10.1. The summed E-state index contributed by atoms with van der Waals surface area (Å²) in [4.78, 5) is 7.39. The van der Waals surface area contributed by atoms with E-state index in [0.717, 1.165) is 26.3 Å². The normalized spacial score (nSPS) is 23.6. The molecule has 0 bridgehead atoms. The molecule has 2 saturated heterocycles. The molecule has 0 N–H and O–H groups in total. The summed E-state index contributed by atoms with van der Waals surface area (Å²) in [7, 11) is 2.19. The lowest BCUT2D eigenvalue weighted by molar-refractivity contribution is -0.00389. The number of hydrogen-bond donors (Lipinski definition) is 0. The molecule has 0 aliphatic carbocycles. The van der Waals surface area contributed by atoms with Gasteiger partial charge in [-0.2, -0.15) is 0 Å². The summed E-state index contributed by atoms with van der Waals surface area (Å²) >= 11 is 0. The Balaban J connectivity index is 0.000000211. The molecule has 2 rings (SSSR count). The van der Waals surface area contributed by atoms with Gasteiger partial charge in [0.15, 0.2) is 0 Å². The van der Waals surface area contributed by atoms with Crippen molar-refractivity contribution in [3.63, 3.8) is 0 Å². The predicted octanol–water partition coefficient (Wildman–Crippen LogP) is 2.15. The summed E-state index contributed by atoms with van der Waals surface area (Å²) in [5.41, 5.74) is 0.686. The lowest BCUT2D eigenvalue weighted by Gasteiger charge is -2.41. The third-order valence-corrected chi connectivity index (χ3v) is 4.41. The monoisotopic (exact) mass is 299 g/mol. The summed E-state index contributed by atoms with van der Waals surface area (Å²) < 4.78 is 5.25. The van der Waals surface area contributed by atoms with Crippen LogP contribution in [0.15, 0.2) is 0 Å². The highest BCUT2D eigenvalue weighted by molar-refractivity contribution is 4.80. The lowest BCUT2D eigenvalue weighted by Crippen LogP contribution is -2.52. The Morgan fingerprint density at radius 2 is 1.00 bits per heavy atom. The number of likely N-dealkylation sites (N-methyl/N-ethyl adjacent to an activating group) is 1. The molecule has 0 amide bonds. The van der Waals surface area contributed by atoms with Gasteiger partial charge < -0.3 is 9.64 Å². The molecular weight excluding hydrogens is 262 g/mol. The van der Waals surface area contributed by atoms with E-state index in [1.54, 1.807) is 0 Å². The third-order valence-electron chi connectivity index (χ3n) is 4.41. The smallest absolute Gasteiger partial charge is 0.0594 e. The van der Waals surface area contributed by atoms with Crippen molar-refractivity contribution in [2.24, 2.45) is 0 Å². The second-order valence-electron chi connectivity index (χ2n) is 8.23. The minimum absolute atomic E-state index is 0.323. The van der Waals surface area contributed by atoms with E-state index in [1.165, 1.54) is 26.2 Å². The fraction of sp³-hybridized carbons (Fsp3) is 1.00. The minimum atomic E-state index is 0.323. The van der Waals surface area contributed by atoms with Gasteiger partial charge in [-0.1, -0.05) is 0 Å². The van der Waals surface area contributed by atoms with Gasteiger partial charge in [-0.25, -0.2) is 0 Å². The number of hydrogen-bond acceptors (Lipinski definition) is 4.